The van der Waals surface area contributed by atoms with E-state index in [-0.39, 0.29) is 11.4 Å². The molecule has 0 amide bonds. The average molecular weight is 491 g/mol. The van der Waals surface area contributed by atoms with Crippen LogP contribution >= 0.6 is 0 Å². The van der Waals surface area contributed by atoms with E-state index >= 15 is 0 Å². The number of benzene rings is 5. The van der Waals surface area contributed by atoms with Gasteiger partial charge in [-0.15, -0.1) is 0 Å². The Kier molecular flexibility index (Phi) is 6.40. The topological polar surface area (TPSA) is 70.4 Å². The second-order valence-corrected chi connectivity index (χ2v) is 10.1. The Hall–Kier alpha value is -4.60. The highest BCUT2D eigenvalue weighted by Crippen LogP contribution is 2.30. The second-order valence-electron chi connectivity index (χ2n) is 8.24. The summed E-state index contributed by atoms with van der Waals surface area (Å²) in [5.41, 5.74) is 1.76. The number of para-hydroxylation sites is 1. The molecule has 5 aromatic rings. The van der Waals surface area contributed by atoms with Crippen LogP contribution in [0.25, 0.3) is 10.8 Å². The van der Waals surface area contributed by atoms with Crippen LogP contribution in [0.5, 0.6) is 11.5 Å². The Morgan fingerprint density at radius 3 is 2.03 bits per heavy atom. The number of nitrogens with zero attached hydrogens (tertiary/aromatic N) is 2. The van der Waals surface area contributed by atoms with E-state index in [0.717, 1.165) is 16.3 Å². The maximum atomic E-state index is 13.8. The lowest BCUT2D eigenvalue weighted by molar-refractivity contribution is 0.482. The molecule has 0 saturated carbocycles. The number of nitriles is 1. The van der Waals surface area contributed by atoms with Crippen LogP contribution in [0.2, 0.25) is 0 Å². The summed E-state index contributed by atoms with van der Waals surface area (Å²) in [5.74, 6) is 1.30. The van der Waals surface area contributed by atoms with Gasteiger partial charge >= 0.3 is 0 Å². The summed E-state index contributed by atoms with van der Waals surface area (Å²) in [6, 6.07) is 38.3. The largest absolute Gasteiger partial charge is 0.457 e. The first-order chi connectivity index (χ1) is 17.5. The lowest BCUT2D eigenvalue weighted by atomic mass is 10.1. The van der Waals surface area contributed by atoms with Gasteiger partial charge in [-0.25, -0.2) is 8.42 Å². The van der Waals surface area contributed by atoms with Crippen molar-refractivity contribution in [1.82, 2.24) is 0 Å². The van der Waals surface area contributed by atoms with Gasteiger partial charge in [-0.2, -0.15) is 5.26 Å². The highest BCUT2D eigenvalue weighted by Gasteiger charge is 2.25. The third kappa shape index (κ3) is 4.92. The quantitative estimate of drug-likeness (QED) is 0.249. The molecule has 6 heteroatoms. The molecule has 0 bridgehead atoms. The fraction of sp³-hybridized carbons (Fsp3) is 0.0333. The zero-order valence-corrected chi connectivity index (χ0v) is 20.1. The number of ether oxygens (including phenoxy) is 1. The minimum absolute atomic E-state index is 0.118. The van der Waals surface area contributed by atoms with Gasteiger partial charge in [0.15, 0.2) is 0 Å². The molecule has 0 N–H and O–H groups in total. The number of fused-ring (bicyclic) bond motifs is 1. The lowest BCUT2D eigenvalue weighted by Gasteiger charge is -2.25. The van der Waals surface area contributed by atoms with Gasteiger partial charge in [-0.1, -0.05) is 54.6 Å². The van der Waals surface area contributed by atoms with E-state index in [4.69, 9.17) is 10.00 Å². The van der Waals surface area contributed by atoms with E-state index in [2.05, 4.69) is 0 Å². The molecule has 0 fully saturated rings. The van der Waals surface area contributed by atoms with Crippen molar-refractivity contribution in [2.45, 2.75) is 11.4 Å². The molecular formula is C30H22N2O3S. The van der Waals surface area contributed by atoms with Crippen LogP contribution in [-0.2, 0) is 16.6 Å². The highest BCUT2D eigenvalue weighted by atomic mass is 32.2. The molecule has 0 aliphatic rings. The van der Waals surface area contributed by atoms with Gasteiger partial charge in [0.25, 0.3) is 10.0 Å². The van der Waals surface area contributed by atoms with Crippen molar-refractivity contribution >= 4 is 26.5 Å². The summed E-state index contributed by atoms with van der Waals surface area (Å²) in [6.45, 7) is 0.145. The highest BCUT2D eigenvalue weighted by molar-refractivity contribution is 7.92. The van der Waals surface area contributed by atoms with Crippen LogP contribution in [0, 0.1) is 11.3 Å². The summed E-state index contributed by atoms with van der Waals surface area (Å²) in [5, 5.41) is 11.2. The Balaban J connectivity index is 1.52. The van der Waals surface area contributed by atoms with Gasteiger partial charge in [0.1, 0.15) is 11.5 Å². The van der Waals surface area contributed by atoms with Gasteiger partial charge in [0.2, 0.25) is 0 Å². The predicted octanol–water partition coefficient (Wildman–Crippen LogP) is 6.90. The first-order valence-electron chi connectivity index (χ1n) is 11.4. The maximum absolute atomic E-state index is 13.8. The molecule has 0 aliphatic heterocycles. The summed E-state index contributed by atoms with van der Waals surface area (Å²) in [4.78, 5) is 0.118. The first kappa shape index (κ1) is 23.2. The molecule has 176 valence electrons. The third-order valence-electron chi connectivity index (χ3n) is 5.82. The molecule has 36 heavy (non-hydrogen) atoms. The van der Waals surface area contributed by atoms with Crippen LogP contribution < -0.4 is 9.04 Å². The fourth-order valence-corrected chi connectivity index (χ4v) is 5.40. The van der Waals surface area contributed by atoms with Crippen LogP contribution in [-0.4, -0.2) is 8.42 Å². The van der Waals surface area contributed by atoms with Crippen LogP contribution in [0.3, 0.4) is 0 Å². The maximum Gasteiger partial charge on any atom is 0.264 e. The second kappa shape index (κ2) is 9.95. The molecule has 0 saturated heterocycles. The van der Waals surface area contributed by atoms with Crippen LogP contribution in [0.15, 0.2) is 126 Å². The van der Waals surface area contributed by atoms with E-state index in [1.807, 2.05) is 78.9 Å². The molecule has 5 rings (SSSR count). The molecular weight excluding hydrogens is 468 g/mol. The van der Waals surface area contributed by atoms with Gasteiger partial charge < -0.3 is 4.74 Å². The molecule has 0 atom stereocenters. The minimum atomic E-state index is -3.92. The minimum Gasteiger partial charge on any atom is -0.457 e. The number of anilines is 1. The average Bonchev–Trinajstić information content (AvgIpc) is 2.93. The zero-order chi connectivity index (χ0) is 25.0. The summed E-state index contributed by atoms with van der Waals surface area (Å²) < 4.78 is 34.8. The molecule has 0 aliphatic carbocycles. The van der Waals surface area contributed by atoms with Crippen LogP contribution in [0.1, 0.15) is 11.1 Å². The smallest absolute Gasteiger partial charge is 0.264 e. The summed E-state index contributed by atoms with van der Waals surface area (Å²) >= 11 is 0. The van der Waals surface area contributed by atoms with Crippen LogP contribution in [0.4, 0.5) is 5.69 Å². The molecule has 0 radical (unpaired) electrons. The molecule has 5 aromatic carbocycles. The van der Waals surface area contributed by atoms with Crippen molar-refractivity contribution in [1.29, 1.82) is 5.26 Å². The van der Waals surface area contributed by atoms with E-state index in [1.54, 1.807) is 24.3 Å². The molecule has 5 nitrogen and oxygen atoms in total. The molecule has 0 spiro atoms. The van der Waals surface area contributed by atoms with E-state index in [1.165, 1.54) is 28.6 Å². The number of sulfonamides is 1. The molecule has 0 unspecified atom stereocenters. The van der Waals surface area contributed by atoms with Crippen molar-refractivity contribution in [2.75, 3.05) is 4.31 Å². The van der Waals surface area contributed by atoms with Crippen molar-refractivity contribution in [2.24, 2.45) is 0 Å². The van der Waals surface area contributed by atoms with Crippen molar-refractivity contribution in [3.63, 3.8) is 0 Å². The van der Waals surface area contributed by atoms with Crippen molar-refractivity contribution in [3.05, 3.63) is 132 Å². The Morgan fingerprint density at radius 1 is 0.694 bits per heavy atom. The monoisotopic (exact) mass is 490 g/mol. The van der Waals surface area contributed by atoms with Crippen molar-refractivity contribution in [3.8, 4) is 17.6 Å². The summed E-state index contributed by atoms with van der Waals surface area (Å²) in [7, 11) is -3.92. The van der Waals surface area contributed by atoms with E-state index in [0.29, 0.717) is 22.7 Å². The van der Waals surface area contributed by atoms with E-state index < -0.39 is 10.0 Å². The Morgan fingerprint density at radius 2 is 1.33 bits per heavy atom. The zero-order valence-electron chi connectivity index (χ0n) is 19.3. The number of hydrogen-bond donors (Lipinski definition) is 0. The fourth-order valence-electron chi connectivity index (χ4n) is 3.95. The van der Waals surface area contributed by atoms with Crippen molar-refractivity contribution < 1.29 is 13.2 Å². The first-order valence-corrected chi connectivity index (χ1v) is 12.8. The number of rotatable bonds is 7. The molecule has 0 aromatic heterocycles. The standard InChI is InChI=1S/C30H22N2O3S/c31-21-23-11-18-30(19-12-23)36(33,34)32(22-24-10-13-25-6-4-5-7-26(25)20-24)27-14-16-29(17-15-27)35-28-8-2-1-3-9-28/h1-20H,22H2. The predicted molar refractivity (Wildman–Crippen MR) is 141 cm³/mol. The Labute approximate surface area is 210 Å². The molecule has 0 heterocycles. The summed E-state index contributed by atoms with van der Waals surface area (Å²) in [6.07, 6.45) is 0. The SMILES string of the molecule is N#Cc1ccc(S(=O)(=O)N(Cc2ccc3ccccc3c2)c2ccc(Oc3ccccc3)cc2)cc1. The van der Waals surface area contributed by atoms with Gasteiger partial charge in [-0.05, 0) is 83.1 Å². The Bertz CT molecular complexity index is 1640. The lowest BCUT2D eigenvalue weighted by Crippen LogP contribution is -2.30. The number of hydrogen-bond acceptors (Lipinski definition) is 4. The normalized spacial score (nSPS) is 11.1. The van der Waals surface area contributed by atoms with E-state index in [9.17, 15) is 8.42 Å². The third-order valence-corrected chi connectivity index (χ3v) is 7.60. The van der Waals surface area contributed by atoms with Gasteiger partial charge in [0, 0.05) is 0 Å². The van der Waals surface area contributed by atoms with Gasteiger partial charge in [0.05, 0.1) is 28.8 Å². The van der Waals surface area contributed by atoms with Gasteiger partial charge in [-0.3, -0.25) is 4.31 Å².